The molecular weight excluding hydrogens is 396 g/mol. The largest absolute Gasteiger partial charge is 0.449 e. The second-order valence-corrected chi connectivity index (χ2v) is 8.63. The number of rotatable bonds is 5. The molecule has 1 N–H and O–H groups in total. The third-order valence-corrected chi connectivity index (χ3v) is 6.42. The molecule has 1 saturated heterocycles. The normalized spacial score (nSPS) is 15.6. The van der Waals surface area contributed by atoms with Crippen molar-refractivity contribution in [2.45, 2.75) is 45.6 Å². The number of anilines is 1. The topological polar surface area (TPSA) is 75.7 Å². The molecule has 2 aromatic heterocycles. The van der Waals surface area contributed by atoms with Gasteiger partial charge in [-0.1, -0.05) is 18.9 Å². The van der Waals surface area contributed by atoms with E-state index >= 15 is 0 Å². The number of thiophene rings is 2. The fraction of sp³-hybridized carbons (Fsp3) is 0.450. The van der Waals surface area contributed by atoms with E-state index in [2.05, 4.69) is 5.32 Å². The summed E-state index contributed by atoms with van der Waals surface area (Å²) in [4.78, 5) is 39.9. The van der Waals surface area contributed by atoms with Crippen LogP contribution in [0.5, 0.6) is 0 Å². The van der Waals surface area contributed by atoms with Crippen LogP contribution in [0.1, 0.15) is 49.9 Å². The minimum atomic E-state index is -0.869. The van der Waals surface area contributed by atoms with E-state index in [1.54, 1.807) is 11.8 Å². The van der Waals surface area contributed by atoms with Crippen molar-refractivity contribution in [1.29, 1.82) is 0 Å². The minimum absolute atomic E-state index is 0.163. The third-order valence-electron chi connectivity index (χ3n) is 4.62. The molecule has 6 nitrogen and oxygen atoms in total. The number of nitrogens with one attached hydrogen (secondary N) is 1. The second kappa shape index (κ2) is 9.34. The van der Waals surface area contributed by atoms with Gasteiger partial charge in [-0.15, -0.1) is 22.7 Å². The lowest BCUT2D eigenvalue weighted by atomic mass is 10.1. The maximum atomic E-state index is 13.0. The number of likely N-dealkylation sites (tertiary alicyclic amines) is 1. The van der Waals surface area contributed by atoms with E-state index in [9.17, 15) is 14.4 Å². The number of hydrogen-bond donors (Lipinski definition) is 1. The van der Waals surface area contributed by atoms with E-state index in [1.807, 2.05) is 22.9 Å². The number of esters is 1. The fourth-order valence-electron chi connectivity index (χ4n) is 3.24. The van der Waals surface area contributed by atoms with Gasteiger partial charge in [0, 0.05) is 35.8 Å². The van der Waals surface area contributed by atoms with Crippen LogP contribution in [0, 0.1) is 0 Å². The van der Waals surface area contributed by atoms with Gasteiger partial charge in [0.25, 0.3) is 5.91 Å². The summed E-state index contributed by atoms with van der Waals surface area (Å²) < 4.78 is 5.54. The van der Waals surface area contributed by atoms with Gasteiger partial charge in [0.15, 0.2) is 6.10 Å². The molecule has 1 fully saturated rings. The summed E-state index contributed by atoms with van der Waals surface area (Å²) in [6.07, 6.45) is 3.33. The highest BCUT2D eigenvalue weighted by molar-refractivity contribution is 7.17. The van der Waals surface area contributed by atoms with Crippen molar-refractivity contribution < 1.29 is 19.1 Å². The molecule has 0 radical (unpaired) electrons. The van der Waals surface area contributed by atoms with Crippen LogP contribution in [-0.4, -0.2) is 41.9 Å². The molecule has 0 bridgehead atoms. The van der Waals surface area contributed by atoms with Gasteiger partial charge < -0.3 is 15.0 Å². The van der Waals surface area contributed by atoms with Crippen molar-refractivity contribution in [2.24, 2.45) is 0 Å². The molecule has 0 saturated carbocycles. The Hall–Kier alpha value is -2.19. The van der Waals surface area contributed by atoms with Crippen LogP contribution in [0.15, 0.2) is 22.9 Å². The molecule has 2 aromatic rings. The van der Waals surface area contributed by atoms with Gasteiger partial charge in [0.05, 0.1) is 0 Å². The Morgan fingerprint density at radius 3 is 2.46 bits per heavy atom. The standard InChI is InChI=1S/C20H24N2O4S2/c1-13(19(24)22-9-5-3-4-6-10-22)26-20(25)17-15(16-8-7-11-27-16)12-28-18(17)21-14(2)23/h7-8,11-13H,3-6,9-10H2,1-2H3,(H,21,23)/t13-/m0/s1. The van der Waals surface area contributed by atoms with Gasteiger partial charge >= 0.3 is 5.97 Å². The number of hydrogen-bond acceptors (Lipinski definition) is 6. The first-order chi connectivity index (χ1) is 13.5. The molecule has 150 valence electrons. The minimum Gasteiger partial charge on any atom is -0.449 e. The summed E-state index contributed by atoms with van der Waals surface area (Å²) in [5.74, 6) is -1.02. The number of ether oxygens (including phenoxy) is 1. The zero-order valence-electron chi connectivity index (χ0n) is 16.0. The van der Waals surface area contributed by atoms with Crippen molar-refractivity contribution in [3.63, 3.8) is 0 Å². The molecule has 1 aliphatic heterocycles. The molecule has 2 amide bonds. The van der Waals surface area contributed by atoms with Crippen LogP contribution >= 0.6 is 22.7 Å². The lowest BCUT2D eigenvalue weighted by Crippen LogP contribution is -2.40. The predicted molar refractivity (Wildman–Crippen MR) is 112 cm³/mol. The monoisotopic (exact) mass is 420 g/mol. The highest BCUT2D eigenvalue weighted by atomic mass is 32.1. The number of nitrogens with zero attached hydrogens (tertiary/aromatic N) is 1. The number of carbonyl (C=O) groups is 3. The molecule has 0 unspecified atom stereocenters. The predicted octanol–water partition coefficient (Wildman–Crippen LogP) is 4.38. The Bertz CT molecular complexity index is 837. The second-order valence-electron chi connectivity index (χ2n) is 6.80. The van der Waals surface area contributed by atoms with Crippen LogP contribution in [0.3, 0.4) is 0 Å². The molecule has 3 rings (SSSR count). The Labute approximate surface area is 172 Å². The lowest BCUT2D eigenvalue weighted by Gasteiger charge is -2.24. The molecule has 3 heterocycles. The van der Waals surface area contributed by atoms with Gasteiger partial charge in [0.1, 0.15) is 10.6 Å². The highest BCUT2D eigenvalue weighted by Crippen LogP contribution is 2.38. The Morgan fingerprint density at radius 1 is 1.14 bits per heavy atom. The van der Waals surface area contributed by atoms with Crippen LogP contribution in [0.25, 0.3) is 10.4 Å². The maximum absolute atomic E-state index is 13.0. The molecule has 0 spiro atoms. The van der Waals surface area contributed by atoms with Gasteiger partial charge in [-0.3, -0.25) is 9.59 Å². The van der Waals surface area contributed by atoms with E-state index in [1.165, 1.54) is 29.6 Å². The van der Waals surface area contributed by atoms with Crippen molar-refractivity contribution in [2.75, 3.05) is 18.4 Å². The maximum Gasteiger partial charge on any atom is 0.342 e. The van der Waals surface area contributed by atoms with Gasteiger partial charge in [-0.25, -0.2) is 4.79 Å². The van der Waals surface area contributed by atoms with E-state index < -0.39 is 12.1 Å². The zero-order valence-corrected chi connectivity index (χ0v) is 17.7. The smallest absolute Gasteiger partial charge is 0.342 e. The Kier molecular flexibility index (Phi) is 6.85. The summed E-state index contributed by atoms with van der Waals surface area (Å²) in [5.41, 5.74) is 1.02. The Balaban J connectivity index is 1.79. The quantitative estimate of drug-likeness (QED) is 0.728. The molecule has 8 heteroatoms. The van der Waals surface area contributed by atoms with Gasteiger partial charge in [0.2, 0.25) is 5.91 Å². The summed E-state index contributed by atoms with van der Waals surface area (Å²) in [5, 5.41) is 6.89. The average molecular weight is 421 g/mol. The molecule has 0 aliphatic carbocycles. The van der Waals surface area contributed by atoms with E-state index in [0.717, 1.165) is 30.6 Å². The number of carbonyl (C=O) groups excluding carboxylic acids is 3. The third kappa shape index (κ3) is 4.80. The molecule has 0 aromatic carbocycles. The van der Waals surface area contributed by atoms with Crippen molar-refractivity contribution >= 4 is 45.5 Å². The SMILES string of the molecule is CC(=O)Nc1scc(-c2cccs2)c1C(=O)O[C@@H](C)C(=O)N1CCCCCC1. The van der Waals surface area contributed by atoms with Crippen LogP contribution < -0.4 is 5.32 Å². The van der Waals surface area contributed by atoms with Crippen molar-refractivity contribution in [3.8, 4) is 10.4 Å². The molecule has 1 atom stereocenters. The lowest BCUT2D eigenvalue weighted by molar-refractivity contribution is -0.139. The van der Waals surface area contributed by atoms with E-state index in [-0.39, 0.29) is 11.8 Å². The van der Waals surface area contributed by atoms with Crippen molar-refractivity contribution in [1.82, 2.24) is 4.90 Å². The van der Waals surface area contributed by atoms with Crippen LogP contribution in [0.4, 0.5) is 5.00 Å². The van der Waals surface area contributed by atoms with Gasteiger partial charge in [-0.2, -0.15) is 0 Å². The fourth-order valence-corrected chi connectivity index (χ4v) is 5.06. The summed E-state index contributed by atoms with van der Waals surface area (Å²) >= 11 is 2.78. The summed E-state index contributed by atoms with van der Waals surface area (Å²) in [6.45, 7) is 4.42. The van der Waals surface area contributed by atoms with Crippen LogP contribution in [0.2, 0.25) is 0 Å². The first kappa shape index (κ1) is 20.5. The van der Waals surface area contributed by atoms with E-state index in [0.29, 0.717) is 29.2 Å². The van der Waals surface area contributed by atoms with E-state index in [4.69, 9.17) is 4.74 Å². The zero-order chi connectivity index (χ0) is 20.1. The summed E-state index contributed by atoms with van der Waals surface area (Å²) in [6, 6.07) is 3.81. The first-order valence-electron chi connectivity index (χ1n) is 9.40. The average Bonchev–Trinajstić information content (AvgIpc) is 3.23. The van der Waals surface area contributed by atoms with Crippen molar-refractivity contribution in [3.05, 3.63) is 28.5 Å². The molecule has 28 heavy (non-hydrogen) atoms. The number of amides is 2. The Morgan fingerprint density at radius 2 is 1.86 bits per heavy atom. The van der Waals surface area contributed by atoms with Gasteiger partial charge in [-0.05, 0) is 31.2 Å². The highest BCUT2D eigenvalue weighted by Gasteiger charge is 2.28. The molecular formula is C20H24N2O4S2. The van der Waals surface area contributed by atoms with Crippen LogP contribution in [-0.2, 0) is 14.3 Å². The molecule has 1 aliphatic rings. The summed E-state index contributed by atoms with van der Waals surface area (Å²) in [7, 11) is 0. The first-order valence-corrected chi connectivity index (χ1v) is 11.2.